The number of nitrogens with zero attached hydrogens (tertiary/aromatic N) is 3. The number of anilines is 1. The molecule has 1 saturated heterocycles. The molecule has 0 bridgehead atoms. The van der Waals surface area contributed by atoms with Crippen molar-refractivity contribution >= 4 is 11.6 Å². The number of pyridine rings is 2. The van der Waals surface area contributed by atoms with Crippen molar-refractivity contribution in [2.75, 3.05) is 31.1 Å². The minimum atomic E-state index is -0.597. The van der Waals surface area contributed by atoms with Gasteiger partial charge in [0.1, 0.15) is 5.69 Å². The molecular weight excluding hydrogens is 421 g/mol. The highest BCUT2D eigenvalue weighted by molar-refractivity contribution is 5.92. The van der Waals surface area contributed by atoms with Gasteiger partial charge in [-0.05, 0) is 57.7 Å². The molecule has 0 radical (unpaired) electrons. The van der Waals surface area contributed by atoms with Crippen LogP contribution >= 0.6 is 0 Å². The first-order valence-electron chi connectivity index (χ1n) is 12.0. The van der Waals surface area contributed by atoms with E-state index >= 15 is 0 Å². The molecular formula is C25H34FN5O2. The predicted octanol–water partition coefficient (Wildman–Crippen LogP) is 3.07. The molecule has 8 heteroatoms. The van der Waals surface area contributed by atoms with Crippen molar-refractivity contribution in [1.82, 2.24) is 20.2 Å². The first-order chi connectivity index (χ1) is 15.9. The molecule has 2 fully saturated rings. The summed E-state index contributed by atoms with van der Waals surface area (Å²) in [5.41, 5.74) is 2.47. The molecule has 3 heterocycles. The van der Waals surface area contributed by atoms with Crippen molar-refractivity contribution < 1.29 is 9.18 Å². The van der Waals surface area contributed by atoms with Gasteiger partial charge in [-0.15, -0.1) is 0 Å². The summed E-state index contributed by atoms with van der Waals surface area (Å²) in [6, 6.07) is 7.74. The van der Waals surface area contributed by atoms with E-state index in [0.717, 1.165) is 63.1 Å². The molecule has 2 aliphatic rings. The molecule has 1 aliphatic heterocycles. The highest BCUT2D eigenvalue weighted by atomic mass is 19.1. The van der Waals surface area contributed by atoms with Crippen LogP contribution in [-0.2, 0) is 6.42 Å². The van der Waals surface area contributed by atoms with E-state index in [0.29, 0.717) is 17.6 Å². The highest BCUT2D eigenvalue weighted by Crippen LogP contribution is 2.36. The Labute approximate surface area is 194 Å². The van der Waals surface area contributed by atoms with Crippen molar-refractivity contribution in [3.05, 3.63) is 57.5 Å². The van der Waals surface area contributed by atoms with Gasteiger partial charge in [0.2, 0.25) is 5.95 Å². The van der Waals surface area contributed by atoms with E-state index in [9.17, 15) is 14.0 Å². The van der Waals surface area contributed by atoms with Crippen LogP contribution in [0, 0.1) is 5.95 Å². The van der Waals surface area contributed by atoms with Gasteiger partial charge < -0.3 is 15.2 Å². The van der Waals surface area contributed by atoms with Gasteiger partial charge in [0.05, 0.1) is 5.69 Å². The zero-order chi connectivity index (χ0) is 23.5. The van der Waals surface area contributed by atoms with Crippen LogP contribution < -0.4 is 15.8 Å². The lowest BCUT2D eigenvalue weighted by molar-refractivity contribution is 0.0937. The molecule has 2 aromatic heterocycles. The number of H-pyrrole nitrogens is 1. The van der Waals surface area contributed by atoms with E-state index in [1.807, 2.05) is 31.7 Å². The maximum Gasteiger partial charge on any atom is 0.270 e. The lowest BCUT2D eigenvalue weighted by Crippen LogP contribution is -2.50. The lowest BCUT2D eigenvalue weighted by atomic mass is 10.0. The average Bonchev–Trinajstić information content (AvgIpc) is 3.29. The maximum absolute atomic E-state index is 14.7. The van der Waals surface area contributed by atoms with Crippen LogP contribution in [0.3, 0.4) is 0 Å². The molecule has 1 aliphatic carbocycles. The van der Waals surface area contributed by atoms with Crippen molar-refractivity contribution in [2.24, 2.45) is 0 Å². The smallest absolute Gasteiger partial charge is 0.270 e. The van der Waals surface area contributed by atoms with Gasteiger partial charge in [0.25, 0.3) is 11.5 Å². The first kappa shape index (κ1) is 23.4. The second-order valence-electron chi connectivity index (χ2n) is 9.44. The number of piperazine rings is 1. The fourth-order valence-corrected chi connectivity index (χ4v) is 5.06. The standard InChI is InChI=1S/C25H34FN5O2/c1-4-17-6-8-20(29-24(17)32)18-5-7-19(15-18)30-11-13-31(14-12-30)22-10-9-21(28-23(22)26)25(33)27-16(2)3/h6,8-10,16,18-19H,4-5,7,11-15H2,1-3H3,(H,27,33)(H,29,32)/t18-,19+/m1/s1. The first-order valence-corrected chi connectivity index (χ1v) is 12.0. The van der Waals surface area contributed by atoms with Gasteiger partial charge in [-0.3, -0.25) is 14.5 Å². The number of carbonyl (C=O) groups is 1. The third-order valence-corrected chi connectivity index (χ3v) is 6.89. The number of carbonyl (C=O) groups excluding carboxylic acids is 1. The number of aromatic amines is 1. The summed E-state index contributed by atoms with van der Waals surface area (Å²) in [5, 5.41) is 2.74. The summed E-state index contributed by atoms with van der Waals surface area (Å²) in [6.45, 7) is 8.87. The fraction of sp³-hybridized carbons (Fsp3) is 0.560. The number of aryl methyl sites for hydroxylation is 1. The van der Waals surface area contributed by atoms with E-state index in [1.54, 1.807) is 12.1 Å². The quantitative estimate of drug-likeness (QED) is 0.655. The van der Waals surface area contributed by atoms with Crippen LogP contribution in [0.5, 0.6) is 0 Å². The molecule has 1 saturated carbocycles. The number of rotatable bonds is 6. The minimum absolute atomic E-state index is 0.0266. The fourth-order valence-electron chi connectivity index (χ4n) is 5.06. The molecule has 2 atom stereocenters. The molecule has 33 heavy (non-hydrogen) atoms. The Morgan fingerprint density at radius 2 is 1.94 bits per heavy atom. The topological polar surface area (TPSA) is 81.3 Å². The maximum atomic E-state index is 14.7. The van der Waals surface area contributed by atoms with E-state index in [1.165, 1.54) is 0 Å². The van der Waals surface area contributed by atoms with Crippen LogP contribution in [0.2, 0.25) is 0 Å². The predicted molar refractivity (Wildman–Crippen MR) is 127 cm³/mol. The van der Waals surface area contributed by atoms with Crippen LogP contribution in [0.15, 0.2) is 29.1 Å². The zero-order valence-electron chi connectivity index (χ0n) is 19.7. The Kier molecular flexibility index (Phi) is 7.12. The van der Waals surface area contributed by atoms with Crippen LogP contribution in [-0.4, -0.2) is 59.0 Å². The van der Waals surface area contributed by atoms with E-state index < -0.39 is 5.95 Å². The van der Waals surface area contributed by atoms with E-state index in [-0.39, 0.29) is 23.2 Å². The molecule has 1 amide bonds. The third-order valence-electron chi connectivity index (χ3n) is 6.89. The Hall–Kier alpha value is -2.74. The normalized spacial score (nSPS) is 21.5. The molecule has 0 spiro atoms. The zero-order valence-corrected chi connectivity index (χ0v) is 19.7. The van der Waals surface area contributed by atoms with Crippen molar-refractivity contribution in [1.29, 1.82) is 0 Å². The third kappa shape index (κ3) is 5.27. The number of hydrogen-bond acceptors (Lipinski definition) is 5. The van der Waals surface area contributed by atoms with Crippen molar-refractivity contribution in [3.63, 3.8) is 0 Å². The highest BCUT2D eigenvalue weighted by Gasteiger charge is 2.33. The minimum Gasteiger partial charge on any atom is -0.365 e. The largest absolute Gasteiger partial charge is 0.365 e. The second-order valence-corrected chi connectivity index (χ2v) is 9.44. The Balaban J connectivity index is 1.33. The summed E-state index contributed by atoms with van der Waals surface area (Å²) in [4.78, 5) is 35.8. The molecule has 178 valence electrons. The Morgan fingerprint density at radius 1 is 1.18 bits per heavy atom. The van der Waals surface area contributed by atoms with E-state index in [2.05, 4.69) is 26.3 Å². The van der Waals surface area contributed by atoms with Gasteiger partial charge in [0, 0.05) is 55.4 Å². The van der Waals surface area contributed by atoms with Gasteiger partial charge in [-0.25, -0.2) is 4.98 Å². The number of hydrogen-bond donors (Lipinski definition) is 2. The summed E-state index contributed by atoms with van der Waals surface area (Å²) in [6.07, 6.45) is 3.97. The van der Waals surface area contributed by atoms with Crippen molar-refractivity contribution in [2.45, 2.75) is 64.5 Å². The molecule has 7 nitrogen and oxygen atoms in total. The van der Waals surface area contributed by atoms with Gasteiger partial charge in [-0.2, -0.15) is 4.39 Å². The molecule has 0 aromatic carbocycles. The number of halogens is 1. The number of nitrogens with one attached hydrogen (secondary N) is 2. The van der Waals surface area contributed by atoms with Crippen LogP contribution in [0.4, 0.5) is 10.1 Å². The van der Waals surface area contributed by atoms with Crippen LogP contribution in [0.1, 0.15) is 67.7 Å². The summed E-state index contributed by atoms with van der Waals surface area (Å²) < 4.78 is 14.7. The van der Waals surface area contributed by atoms with Crippen LogP contribution in [0.25, 0.3) is 0 Å². The van der Waals surface area contributed by atoms with Gasteiger partial charge >= 0.3 is 0 Å². The number of aromatic nitrogens is 2. The Bertz CT molecular complexity index is 1050. The summed E-state index contributed by atoms with van der Waals surface area (Å²) >= 11 is 0. The SMILES string of the molecule is CCc1ccc([C@@H]2CC[C@H](N3CCN(c4ccc(C(=O)NC(C)C)nc4F)CC3)C2)[nH]c1=O. The molecule has 2 aromatic rings. The monoisotopic (exact) mass is 455 g/mol. The average molecular weight is 456 g/mol. The van der Waals surface area contributed by atoms with Gasteiger partial charge in [0.15, 0.2) is 0 Å². The molecule has 4 rings (SSSR count). The lowest BCUT2D eigenvalue weighted by Gasteiger charge is -2.39. The van der Waals surface area contributed by atoms with E-state index in [4.69, 9.17) is 0 Å². The summed E-state index contributed by atoms with van der Waals surface area (Å²) in [7, 11) is 0. The Morgan fingerprint density at radius 3 is 2.58 bits per heavy atom. The molecule has 2 N–H and O–H groups in total. The summed E-state index contributed by atoms with van der Waals surface area (Å²) in [5.74, 6) is -0.570. The second kappa shape index (κ2) is 10.0. The van der Waals surface area contributed by atoms with Crippen molar-refractivity contribution in [3.8, 4) is 0 Å². The molecule has 0 unspecified atom stereocenters. The van der Waals surface area contributed by atoms with Gasteiger partial charge in [-0.1, -0.05) is 13.0 Å². The number of amides is 1.